The van der Waals surface area contributed by atoms with Gasteiger partial charge in [0.1, 0.15) is 0 Å². The summed E-state index contributed by atoms with van der Waals surface area (Å²) in [5.74, 6) is 1.08. The second-order valence-electron chi connectivity index (χ2n) is 4.84. The first kappa shape index (κ1) is 12.5. The molecular weight excluding hydrogens is 244 g/mol. The molecule has 0 fully saturated rings. The molecule has 0 aliphatic rings. The lowest BCUT2D eigenvalue weighted by molar-refractivity contribution is 0.896. The highest BCUT2D eigenvalue weighted by Crippen LogP contribution is 2.23. The van der Waals surface area contributed by atoms with Gasteiger partial charge in [0.25, 0.3) is 0 Å². The van der Waals surface area contributed by atoms with E-state index in [2.05, 4.69) is 41.2 Å². The molecule has 0 radical (unpaired) electrons. The van der Waals surface area contributed by atoms with Crippen molar-refractivity contribution >= 4 is 0 Å². The van der Waals surface area contributed by atoms with Crippen molar-refractivity contribution in [3.63, 3.8) is 0 Å². The molecule has 98 valence electrons. The molecule has 2 nitrogen and oxygen atoms in total. The van der Waals surface area contributed by atoms with Gasteiger partial charge in [-0.25, -0.2) is 9.97 Å². The molecule has 0 N–H and O–H groups in total. The van der Waals surface area contributed by atoms with Crippen LogP contribution in [-0.4, -0.2) is 9.97 Å². The molecule has 20 heavy (non-hydrogen) atoms. The predicted molar refractivity (Wildman–Crippen MR) is 81.4 cm³/mol. The average molecular weight is 260 g/mol. The summed E-state index contributed by atoms with van der Waals surface area (Å²) in [5, 5.41) is 0. The highest BCUT2D eigenvalue weighted by Gasteiger charge is 2.09. The van der Waals surface area contributed by atoms with Crippen LogP contribution in [0.1, 0.15) is 24.0 Å². The number of nitrogens with zero attached hydrogens (tertiary/aromatic N) is 2. The lowest BCUT2D eigenvalue weighted by Gasteiger charge is -2.11. The summed E-state index contributed by atoms with van der Waals surface area (Å²) >= 11 is 0. The van der Waals surface area contributed by atoms with E-state index in [4.69, 9.17) is 0 Å². The third-order valence-corrected chi connectivity index (χ3v) is 3.50. The average Bonchev–Trinajstić information content (AvgIpc) is 2.56. The van der Waals surface area contributed by atoms with E-state index >= 15 is 0 Å². The fourth-order valence-electron chi connectivity index (χ4n) is 2.23. The maximum absolute atomic E-state index is 4.48. The number of rotatable bonds is 3. The van der Waals surface area contributed by atoms with Gasteiger partial charge >= 0.3 is 0 Å². The Morgan fingerprint density at radius 3 is 1.85 bits per heavy atom. The quantitative estimate of drug-likeness (QED) is 0.702. The van der Waals surface area contributed by atoms with E-state index in [1.807, 2.05) is 48.8 Å². The zero-order chi connectivity index (χ0) is 13.8. The molecule has 0 saturated heterocycles. The number of hydrogen-bond donors (Lipinski definition) is 0. The van der Waals surface area contributed by atoms with Crippen LogP contribution in [0.25, 0.3) is 11.4 Å². The maximum atomic E-state index is 4.48. The zero-order valence-corrected chi connectivity index (χ0v) is 11.4. The summed E-state index contributed by atoms with van der Waals surface area (Å²) in [6.45, 7) is 2.18. The van der Waals surface area contributed by atoms with E-state index in [1.165, 1.54) is 5.56 Å². The van der Waals surface area contributed by atoms with Crippen LogP contribution in [0.2, 0.25) is 0 Å². The molecule has 0 aliphatic heterocycles. The minimum atomic E-state index is 0.307. The highest BCUT2D eigenvalue weighted by molar-refractivity contribution is 5.54. The van der Waals surface area contributed by atoms with Gasteiger partial charge in [-0.15, -0.1) is 0 Å². The molecule has 3 aromatic rings. The van der Waals surface area contributed by atoms with E-state index in [9.17, 15) is 0 Å². The van der Waals surface area contributed by atoms with Crippen LogP contribution in [0.4, 0.5) is 0 Å². The predicted octanol–water partition coefficient (Wildman–Crippen LogP) is 4.30. The van der Waals surface area contributed by atoms with Gasteiger partial charge in [-0.1, -0.05) is 67.6 Å². The summed E-state index contributed by atoms with van der Waals surface area (Å²) in [6, 6.07) is 20.5. The van der Waals surface area contributed by atoms with Gasteiger partial charge in [-0.3, -0.25) is 0 Å². The van der Waals surface area contributed by atoms with Crippen molar-refractivity contribution in [1.82, 2.24) is 9.97 Å². The Labute approximate surface area is 119 Å². The molecule has 0 spiro atoms. The topological polar surface area (TPSA) is 25.8 Å². The summed E-state index contributed by atoms with van der Waals surface area (Å²) in [6.07, 6.45) is 3.85. The van der Waals surface area contributed by atoms with E-state index in [-0.39, 0.29) is 0 Å². The van der Waals surface area contributed by atoms with E-state index in [0.29, 0.717) is 5.92 Å². The Balaban J connectivity index is 1.87. The third kappa shape index (κ3) is 2.59. The Morgan fingerprint density at radius 2 is 1.25 bits per heavy atom. The molecule has 2 aromatic carbocycles. The summed E-state index contributed by atoms with van der Waals surface area (Å²) in [7, 11) is 0. The Morgan fingerprint density at radius 1 is 0.700 bits per heavy atom. The van der Waals surface area contributed by atoms with Crippen LogP contribution in [0.5, 0.6) is 0 Å². The summed E-state index contributed by atoms with van der Waals surface area (Å²) in [4.78, 5) is 8.97. The minimum Gasteiger partial charge on any atom is -0.236 e. The SMILES string of the molecule is CC(c1ccccc1)c1cnc(-c2ccccc2)nc1. The van der Waals surface area contributed by atoms with Gasteiger partial charge in [-0.2, -0.15) is 0 Å². The van der Waals surface area contributed by atoms with Crippen LogP contribution in [-0.2, 0) is 0 Å². The van der Waals surface area contributed by atoms with E-state index in [0.717, 1.165) is 17.0 Å². The molecule has 1 aromatic heterocycles. The largest absolute Gasteiger partial charge is 0.236 e. The molecule has 1 atom stereocenters. The molecule has 1 heterocycles. The van der Waals surface area contributed by atoms with Crippen LogP contribution in [0.15, 0.2) is 73.1 Å². The number of benzene rings is 2. The molecule has 3 rings (SSSR count). The fraction of sp³-hybridized carbons (Fsp3) is 0.111. The Kier molecular flexibility index (Phi) is 3.55. The van der Waals surface area contributed by atoms with Gasteiger partial charge < -0.3 is 0 Å². The lowest BCUT2D eigenvalue weighted by Crippen LogP contribution is -1.99. The van der Waals surface area contributed by atoms with Gasteiger partial charge in [-0.05, 0) is 11.1 Å². The second kappa shape index (κ2) is 5.66. The highest BCUT2D eigenvalue weighted by atomic mass is 14.9. The normalized spacial score (nSPS) is 12.1. The molecule has 0 amide bonds. The van der Waals surface area contributed by atoms with Gasteiger partial charge in [0.2, 0.25) is 0 Å². The van der Waals surface area contributed by atoms with Crippen molar-refractivity contribution in [2.24, 2.45) is 0 Å². The molecule has 1 unspecified atom stereocenters. The van der Waals surface area contributed by atoms with Gasteiger partial charge in [0.15, 0.2) is 5.82 Å². The van der Waals surface area contributed by atoms with E-state index in [1.54, 1.807) is 0 Å². The fourth-order valence-corrected chi connectivity index (χ4v) is 2.23. The first-order valence-electron chi connectivity index (χ1n) is 6.77. The molecule has 2 heteroatoms. The minimum absolute atomic E-state index is 0.307. The van der Waals surface area contributed by atoms with Crippen molar-refractivity contribution in [3.05, 3.63) is 84.2 Å². The molecule has 0 aliphatic carbocycles. The van der Waals surface area contributed by atoms with Crippen molar-refractivity contribution in [1.29, 1.82) is 0 Å². The second-order valence-corrected chi connectivity index (χ2v) is 4.84. The standard InChI is InChI=1S/C18H16N2/c1-14(15-8-4-2-5-9-15)17-12-19-18(20-13-17)16-10-6-3-7-11-16/h2-14H,1H3. The van der Waals surface area contributed by atoms with Gasteiger partial charge in [0, 0.05) is 23.9 Å². The van der Waals surface area contributed by atoms with Crippen LogP contribution >= 0.6 is 0 Å². The molecular formula is C18H16N2. The number of aromatic nitrogens is 2. The smallest absolute Gasteiger partial charge is 0.159 e. The van der Waals surface area contributed by atoms with Crippen LogP contribution in [0.3, 0.4) is 0 Å². The first-order chi connectivity index (χ1) is 9.84. The molecule has 0 bridgehead atoms. The molecule has 0 saturated carbocycles. The first-order valence-corrected chi connectivity index (χ1v) is 6.77. The monoisotopic (exact) mass is 260 g/mol. The van der Waals surface area contributed by atoms with Crippen molar-refractivity contribution < 1.29 is 0 Å². The van der Waals surface area contributed by atoms with Crippen LogP contribution in [0, 0.1) is 0 Å². The number of hydrogen-bond acceptors (Lipinski definition) is 2. The van der Waals surface area contributed by atoms with Crippen molar-refractivity contribution in [2.75, 3.05) is 0 Å². The zero-order valence-electron chi connectivity index (χ0n) is 11.4. The van der Waals surface area contributed by atoms with Crippen molar-refractivity contribution in [2.45, 2.75) is 12.8 Å². The van der Waals surface area contributed by atoms with Crippen LogP contribution < -0.4 is 0 Å². The summed E-state index contributed by atoms with van der Waals surface area (Å²) < 4.78 is 0. The summed E-state index contributed by atoms with van der Waals surface area (Å²) in [5.41, 5.74) is 3.46. The van der Waals surface area contributed by atoms with Gasteiger partial charge in [0.05, 0.1) is 0 Å². The van der Waals surface area contributed by atoms with Crippen molar-refractivity contribution in [3.8, 4) is 11.4 Å². The lowest BCUT2D eigenvalue weighted by atomic mass is 9.95. The van der Waals surface area contributed by atoms with E-state index < -0.39 is 0 Å². The Bertz CT molecular complexity index is 661. The Hall–Kier alpha value is -2.48. The maximum Gasteiger partial charge on any atom is 0.159 e. The third-order valence-electron chi connectivity index (χ3n) is 3.50.